The first-order valence-electron chi connectivity index (χ1n) is 10.1. The third-order valence-corrected chi connectivity index (χ3v) is 6.85. The molecule has 3 unspecified atom stereocenters. The molecular weight excluding hydrogens is 420 g/mol. The molecule has 1 saturated heterocycles. The Kier molecular flexibility index (Phi) is 6.13. The number of piperidine rings is 1. The minimum atomic E-state index is -1.21. The molecule has 2 aromatic rings. The van der Waals surface area contributed by atoms with Crippen molar-refractivity contribution in [2.45, 2.75) is 38.1 Å². The summed E-state index contributed by atoms with van der Waals surface area (Å²) >= 11 is 0. The number of rotatable bonds is 3. The number of nitro benzene ring substituents is 3. The van der Waals surface area contributed by atoms with E-state index in [2.05, 4.69) is 50.1 Å². The van der Waals surface area contributed by atoms with E-state index < -0.39 is 37.6 Å². The Morgan fingerprint density at radius 2 is 1.59 bits per heavy atom. The van der Waals surface area contributed by atoms with Crippen molar-refractivity contribution in [3.05, 3.63) is 77.9 Å². The summed E-state index contributed by atoms with van der Waals surface area (Å²) in [7, 11) is 2.29. The Morgan fingerprint density at radius 3 is 2.12 bits per heavy atom. The number of nitro groups is 3. The molecule has 1 heterocycles. The van der Waals surface area contributed by atoms with Gasteiger partial charge in [0, 0.05) is 6.04 Å². The lowest BCUT2D eigenvalue weighted by molar-refractivity contribution is -0.404. The molecule has 0 spiro atoms. The number of nitrogens with zero attached hydrogens (tertiary/aromatic N) is 4. The van der Waals surface area contributed by atoms with Gasteiger partial charge in [-0.1, -0.05) is 38.1 Å². The van der Waals surface area contributed by atoms with E-state index in [1.54, 1.807) is 11.1 Å². The lowest BCUT2D eigenvalue weighted by Crippen LogP contribution is -2.56. The van der Waals surface area contributed by atoms with Crippen molar-refractivity contribution >= 4 is 17.1 Å². The zero-order chi connectivity index (χ0) is 23.8. The standard InChI is InChI=1S/C15H21N.C6H3N3O7/c1-11-14-10-12-6-4-5-7-13(12)15(11,2)8-9-16(14)3;10-6-4(8(13)14)1-3(7(11)12)2-5(6)9(15)16/h4-7,11,14H,8-10H2,1-3H3;1-2,10H. The monoisotopic (exact) mass is 444 g/mol. The average Bonchev–Trinajstić information content (AvgIpc) is 2.73. The van der Waals surface area contributed by atoms with Crippen molar-refractivity contribution in [3.8, 4) is 5.75 Å². The summed E-state index contributed by atoms with van der Waals surface area (Å²) in [5.74, 6) is -0.429. The zero-order valence-corrected chi connectivity index (χ0v) is 17.9. The molecule has 1 fully saturated rings. The van der Waals surface area contributed by atoms with Crippen LogP contribution in [0, 0.1) is 36.3 Å². The van der Waals surface area contributed by atoms with Gasteiger partial charge in [-0.15, -0.1) is 0 Å². The highest BCUT2D eigenvalue weighted by Gasteiger charge is 2.47. The van der Waals surface area contributed by atoms with Crippen LogP contribution >= 0.6 is 0 Å². The normalized spacial score (nSPS) is 24.0. The maximum absolute atomic E-state index is 10.4. The van der Waals surface area contributed by atoms with Crippen LogP contribution in [0.4, 0.5) is 17.1 Å². The molecule has 1 aliphatic heterocycles. The smallest absolute Gasteiger partial charge is 0.324 e. The van der Waals surface area contributed by atoms with Gasteiger partial charge < -0.3 is 10.0 Å². The average molecular weight is 444 g/mol. The lowest BCUT2D eigenvalue weighted by atomic mass is 9.59. The second-order valence-corrected chi connectivity index (χ2v) is 8.47. The molecule has 2 aromatic carbocycles. The number of hydrogen-bond donors (Lipinski definition) is 1. The zero-order valence-electron chi connectivity index (χ0n) is 17.9. The van der Waals surface area contributed by atoms with E-state index in [1.165, 1.54) is 19.4 Å². The van der Waals surface area contributed by atoms with E-state index >= 15 is 0 Å². The van der Waals surface area contributed by atoms with Crippen LogP contribution in [0.2, 0.25) is 0 Å². The minimum Gasteiger partial charge on any atom is -0.497 e. The molecule has 32 heavy (non-hydrogen) atoms. The third kappa shape index (κ3) is 3.98. The summed E-state index contributed by atoms with van der Waals surface area (Å²) in [6, 6.07) is 10.7. The fourth-order valence-electron chi connectivity index (χ4n) is 4.78. The number of benzene rings is 2. The van der Waals surface area contributed by atoms with Gasteiger partial charge in [-0.2, -0.15) is 0 Å². The maximum atomic E-state index is 10.4. The first kappa shape index (κ1) is 23.1. The molecule has 170 valence electrons. The van der Waals surface area contributed by atoms with Gasteiger partial charge in [-0.3, -0.25) is 30.3 Å². The summed E-state index contributed by atoms with van der Waals surface area (Å²) in [6.45, 7) is 6.16. The number of phenolic OH excluding ortho intramolecular Hbond substituents is 1. The highest BCUT2D eigenvalue weighted by atomic mass is 16.6. The lowest BCUT2D eigenvalue weighted by Gasteiger charge is -2.53. The van der Waals surface area contributed by atoms with Crippen molar-refractivity contribution in [2.24, 2.45) is 5.92 Å². The van der Waals surface area contributed by atoms with Gasteiger partial charge in [0.15, 0.2) is 0 Å². The second-order valence-electron chi connectivity index (χ2n) is 8.47. The molecule has 1 N–H and O–H groups in total. The van der Waals surface area contributed by atoms with Crippen LogP contribution in [0.25, 0.3) is 0 Å². The van der Waals surface area contributed by atoms with Gasteiger partial charge in [0.25, 0.3) is 11.4 Å². The fraction of sp³-hybridized carbons (Fsp3) is 0.429. The molecule has 11 nitrogen and oxygen atoms in total. The minimum absolute atomic E-state index is 0.409. The maximum Gasteiger partial charge on any atom is 0.324 e. The van der Waals surface area contributed by atoms with Crippen molar-refractivity contribution < 1.29 is 19.9 Å². The van der Waals surface area contributed by atoms with E-state index in [1.807, 2.05) is 0 Å². The van der Waals surface area contributed by atoms with E-state index in [9.17, 15) is 30.3 Å². The number of likely N-dealkylation sites (N-methyl/N-ethyl adjacent to an activating group) is 1. The van der Waals surface area contributed by atoms with Gasteiger partial charge in [0.1, 0.15) is 0 Å². The van der Waals surface area contributed by atoms with Crippen LogP contribution in [-0.2, 0) is 11.8 Å². The summed E-state index contributed by atoms with van der Waals surface area (Å²) in [6.07, 6.45) is 2.54. The first-order valence-corrected chi connectivity index (χ1v) is 10.1. The highest BCUT2D eigenvalue weighted by Crippen LogP contribution is 2.47. The molecule has 0 aromatic heterocycles. The Labute approximate surface area is 183 Å². The Bertz CT molecular complexity index is 1050. The third-order valence-electron chi connectivity index (χ3n) is 6.85. The number of phenols is 1. The highest BCUT2D eigenvalue weighted by molar-refractivity contribution is 5.64. The number of likely N-dealkylation sites (tertiary alicyclic amines) is 1. The quantitative estimate of drug-likeness (QED) is 0.551. The largest absolute Gasteiger partial charge is 0.497 e. The predicted molar refractivity (Wildman–Crippen MR) is 116 cm³/mol. The second kappa shape index (κ2) is 8.50. The molecule has 0 saturated carbocycles. The molecule has 4 rings (SSSR count). The Balaban J connectivity index is 0.000000181. The van der Waals surface area contributed by atoms with Crippen LogP contribution in [0.15, 0.2) is 36.4 Å². The van der Waals surface area contributed by atoms with Crippen LogP contribution in [0.1, 0.15) is 31.4 Å². The summed E-state index contributed by atoms with van der Waals surface area (Å²) in [5, 5.41) is 40.2. The summed E-state index contributed by atoms with van der Waals surface area (Å²) in [5.41, 5.74) is 0.607. The molecule has 0 radical (unpaired) electrons. The van der Waals surface area contributed by atoms with E-state index in [4.69, 9.17) is 5.11 Å². The van der Waals surface area contributed by atoms with E-state index in [0.29, 0.717) is 17.5 Å². The van der Waals surface area contributed by atoms with Gasteiger partial charge in [-0.25, -0.2) is 0 Å². The predicted octanol–water partition coefficient (Wildman–Crippen LogP) is 3.96. The Morgan fingerprint density at radius 1 is 1.03 bits per heavy atom. The molecular formula is C21H24N4O7. The van der Waals surface area contributed by atoms with Gasteiger partial charge in [0.2, 0.25) is 0 Å². The summed E-state index contributed by atoms with van der Waals surface area (Å²) in [4.78, 5) is 30.3. The van der Waals surface area contributed by atoms with Gasteiger partial charge in [0.05, 0.1) is 26.9 Å². The Hall–Kier alpha value is -3.60. The van der Waals surface area contributed by atoms with E-state index in [0.717, 1.165) is 12.0 Å². The molecule has 0 amide bonds. The number of hydrogen-bond acceptors (Lipinski definition) is 8. The van der Waals surface area contributed by atoms with Crippen LogP contribution in [0.3, 0.4) is 0 Å². The molecule has 2 aliphatic rings. The van der Waals surface area contributed by atoms with Crippen LogP contribution < -0.4 is 0 Å². The van der Waals surface area contributed by atoms with Gasteiger partial charge >= 0.3 is 11.4 Å². The molecule has 3 atom stereocenters. The van der Waals surface area contributed by atoms with Gasteiger partial charge in [-0.05, 0) is 48.9 Å². The molecule has 2 bridgehead atoms. The number of non-ortho nitro benzene ring substituents is 1. The van der Waals surface area contributed by atoms with Crippen LogP contribution in [-0.4, -0.2) is 44.4 Å². The van der Waals surface area contributed by atoms with Crippen molar-refractivity contribution in [1.29, 1.82) is 0 Å². The fourth-order valence-corrected chi connectivity index (χ4v) is 4.78. The van der Waals surface area contributed by atoms with Crippen molar-refractivity contribution in [3.63, 3.8) is 0 Å². The number of fused-ring (bicyclic) bond motifs is 4. The molecule has 1 aliphatic carbocycles. The van der Waals surface area contributed by atoms with Crippen LogP contribution in [0.5, 0.6) is 5.75 Å². The molecule has 11 heteroatoms. The van der Waals surface area contributed by atoms with Crippen molar-refractivity contribution in [2.75, 3.05) is 13.6 Å². The SMILES string of the molecule is CC1C2Cc3ccccc3C1(C)CCN2C.O=[N+]([O-])c1cc([N+](=O)[O-])c(O)c([N+](=O)[O-])c1. The number of aromatic hydroxyl groups is 1. The summed E-state index contributed by atoms with van der Waals surface area (Å²) < 4.78 is 0. The van der Waals surface area contributed by atoms with Crippen molar-refractivity contribution in [1.82, 2.24) is 4.90 Å². The topological polar surface area (TPSA) is 153 Å². The van der Waals surface area contributed by atoms with E-state index in [-0.39, 0.29) is 0 Å². The first-order chi connectivity index (χ1) is 15.0.